The van der Waals surface area contributed by atoms with Crippen molar-refractivity contribution in [2.75, 3.05) is 13.1 Å². The van der Waals surface area contributed by atoms with Gasteiger partial charge in [-0.2, -0.15) is 11.3 Å². The molecule has 2 aromatic heterocycles. The molecule has 0 atom stereocenters. The molecule has 4 aromatic rings. The van der Waals surface area contributed by atoms with E-state index < -0.39 is 0 Å². The molecule has 1 fully saturated rings. The second-order valence-electron chi connectivity index (χ2n) is 8.40. The van der Waals surface area contributed by atoms with Crippen LogP contribution in [0.1, 0.15) is 46.8 Å². The Morgan fingerprint density at radius 1 is 0.969 bits per heavy atom. The molecule has 2 aromatic carbocycles. The number of nitrogens with zero attached hydrogens (tertiary/aromatic N) is 2. The molecule has 3 nitrogen and oxygen atoms in total. The number of rotatable bonds is 5. The summed E-state index contributed by atoms with van der Waals surface area (Å²) in [6.07, 6.45) is 3.95. The quantitative estimate of drug-likeness (QED) is 0.329. The molecule has 1 saturated heterocycles. The van der Waals surface area contributed by atoms with Crippen LogP contribution < -0.4 is 0 Å². The fraction of sp³-hybridized carbons (Fsp3) is 0.214. The average Bonchev–Trinajstić information content (AvgIpc) is 3.34. The highest BCUT2D eigenvalue weighted by atomic mass is 32.1. The number of fused-ring (bicyclic) bond motifs is 1. The van der Waals surface area contributed by atoms with Crippen LogP contribution in [0.15, 0.2) is 83.2 Å². The lowest BCUT2D eigenvalue weighted by Gasteiger charge is -2.30. The Bertz CT molecular complexity index is 1260. The standard InChI is InChI=1S/C28H26N2OS/c1-20(31)22-7-9-23(10-8-22)27(26-6-2-4-25-5-3-14-29-28(25)26)24-11-15-30(16-12-24)18-21-13-17-32-19-21/h2-10,13-14,17,19H,11-12,15-16,18H2,1H3. The van der Waals surface area contributed by atoms with Crippen molar-refractivity contribution in [3.05, 3.63) is 105 Å². The van der Waals surface area contributed by atoms with Crippen molar-refractivity contribution in [1.82, 2.24) is 9.88 Å². The molecule has 160 valence electrons. The highest BCUT2D eigenvalue weighted by Crippen LogP contribution is 2.35. The Labute approximate surface area is 193 Å². The van der Waals surface area contributed by atoms with Crippen molar-refractivity contribution in [2.45, 2.75) is 26.3 Å². The van der Waals surface area contributed by atoms with Crippen molar-refractivity contribution >= 4 is 33.6 Å². The molecule has 1 aliphatic heterocycles. The summed E-state index contributed by atoms with van der Waals surface area (Å²) in [5.74, 6) is 0.0966. The van der Waals surface area contributed by atoms with Crippen LogP contribution >= 0.6 is 11.3 Å². The van der Waals surface area contributed by atoms with Crippen molar-refractivity contribution in [1.29, 1.82) is 0 Å². The van der Waals surface area contributed by atoms with Gasteiger partial charge in [-0.3, -0.25) is 14.7 Å². The van der Waals surface area contributed by atoms with Gasteiger partial charge in [0.25, 0.3) is 0 Å². The van der Waals surface area contributed by atoms with E-state index in [0.717, 1.165) is 54.5 Å². The number of Topliss-reactive ketones (excluding diaryl/α,β-unsaturated/α-hetero) is 1. The third-order valence-electron chi connectivity index (χ3n) is 6.28. The molecule has 0 aliphatic carbocycles. The number of ketones is 1. The molecule has 0 spiro atoms. The second-order valence-corrected chi connectivity index (χ2v) is 9.18. The van der Waals surface area contributed by atoms with Gasteiger partial charge in [-0.05, 0) is 59.4 Å². The molecule has 4 heteroatoms. The third kappa shape index (κ3) is 4.29. The molecule has 3 heterocycles. The minimum atomic E-state index is 0.0966. The van der Waals surface area contributed by atoms with Crippen LogP contribution in [0.4, 0.5) is 0 Å². The van der Waals surface area contributed by atoms with E-state index in [9.17, 15) is 4.79 Å². The van der Waals surface area contributed by atoms with Crippen molar-refractivity contribution < 1.29 is 4.79 Å². The van der Waals surface area contributed by atoms with E-state index in [0.29, 0.717) is 0 Å². The number of thiophene rings is 1. The molecule has 0 unspecified atom stereocenters. The first-order chi connectivity index (χ1) is 15.7. The molecule has 0 radical (unpaired) electrons. The molecule has 32 heavy (non-hydrogen) atoms. The number of hydrogen-bond acceptors (Lipinski definition) is 4. The Balaban J connectivity index is 1.55. The van der Waals surface area contributed by atoms with Gasteiger partial charge in [0.1, 0.15) is 0 Å². The van der Waals surface area contributed by atoms with Gasteiger partial charge in [0, 0.05) is 42.3 Å². The smallest absolute Gasteiger partial charge is 0.159 e. The fourth-order valence-corrected chi connectivity index (χ4v) is 5.26. The highest BCUT2D eigenvalue weighted by molar-refractivity contribution is 7.07. The number of pyridine rings is 1. The molecule has 0 amide bonds. The van der Waals surface area contributed by atoms with Gasteiger partial charge in [0.15, 0.2) is 5.78 Å². The molecular formula is C28H26N2OS. The molecule has 1 aliphatic rings. The largest absolute Gasteiger partial charge is 0.298 e. The number of aromatic nitrogens is 1. The van der Waals surface area contributed by atoms with Crippen molar-refractivity contribution in [3.63, 3.8) is 0 Å². The van der Waals surface area contributed by atoms with E-state index in [-0.39, 0.29) is 5.78 Å². The van der Waals surface area contributed by atoms with E-state index >= 15 is 0 Å². The summed E-state index contributed by atoms with van der Waals surface area (Å²) in [6, 6.07) is 20.8. The van der Waals surface area contributed by atoms with E-state index in [1.165, 1.54) is 22.3 Å². The summed E-state index contributed by atoms with van der Waals surface area (Å²) in [6.45, 7) is 4.75. The van der Waals surface area contributed by atoms with Gasteiger partial charge in [-0.1, -0.05) is 54.1 Å². The molecule has 0 N–H and O–H groups in total. The first kappa shape index (κ1) is 20.8. The van der Waals surface area contributed by atoms with Gasteiger partial charge < -0.3 is 0 Å². The zero-order valence-corrected chi connectivity index (χ0v) is 19.1. The van der Waals surface area contributed by atoms with Crippen LogP contribution in [0.25, 0.3) is 16.5 Å². The number of carbonyl (C=O) groups excluding carboxylic acids is 1. The normalized spacial score (nSPS) is 14.6. The van der Waals surface area contributed by atoms with Crippen molar-refractivity contribution in [3.8, 4) is 0 Å². The Kier molecular flexibility index (Phi) is 5.97. The van der Waals surface area contributed by atoms with E-state index in [4.69, 9.17) is 4.98 Å². The van der Waals surface area contributed by atoms with Crippen LogP contribution in [0.5, 0.6) is 0 Å². The van der Waals surface area contributed by atoms with Gasteiger partial charge in [-0.15, -0.1) is 0 Å². The summed E-state index contributed by atoms with van der Waals surface area (Å²) in [7, 11) is 0. The lowest BCUT2D eigenvalue weighted by Crippen LogP contribution is -2.30. The number of benzene rings is 2. The minimum absolute atomic E-state index is 0.0966. The second kappa shape index (κ2) is 9.19. The maximum atomic E-state index is 11.8. The number of para-hydroxylation sites is 1. The molecule has 0 saturated carbocycles. The molecule has 5 rings (SSSR count). The first-order valence-electron chi connectivity index (χ1n) is 11.1. The van der Waals surface area contributed by atoms with Gasteiger partial charge in [0.05, 0.1) is 5.52 Å². The lowest BCUT2D eigenvalue weighted by molar-refractivity contribution is 0.101. The van der Waals surface area contributed by atoms with Crippen LogP contribution in [-0.4, -0.2) is 28.8 Å². The summed E-state index contributed by atoms with van der Waals surface area (Å²) in [5.41, 5.74) is 8.28. The average molecular weight is 439 g/mol. The number of hydrogen-bond donors (Lipinski definition) is 0. The Morgan fingerprint density at radius 3 is 2.44 bits per heavy atom. The van der Waals surface area contributed by atoms with E-state index in [1.54, 1.807) is 18.3 Å². The maximum Gasteiger partial charge on any atom is 0.159 e. The zero-order valence-electron chi connectivity index (χ0n) is 18.3. The highest BCUT2D eigenvalue weighted by Gasteiger charge is 2.21. The first-order valence-corrected chi connectivity index (χ1v) is 12.0. The number of piperidine rings is 1. The van der Waals surface area contributed by atoms with Gasteiger partial charge in [0.2, 0.25) is 0 Å². The van der Waals surface area contributed by atoms with Crippen LogP contribution in [0.3, 0.4) is 0 Å². The Hall–Kier alpha value is -3.08. The fourth-order valence-electron chi connectivity index (χ4n) is 4.60. The predicted molar refractivity (Wildman–Crippen MR) is 133 cm³/mol. The third-order valence-corrected chi connectivity index (χ3v) is 7.01. The zero-order chi connectivity index (χ0) is 21.9. The number of carbonyl (C=O) groups is 1. The predicted octanol–water partition coefficient (Wildman–Crippen LogP) is 6.60. The topological polar surface area (TPSA) is 33.2 Å². The molecule has 0 bridgehead atoms. The summed E-state index contributed by atoms with van der Waals surface area (Å²) < 4.78 is 0. The van der Waals surface area contributed by atoms with E-state index in [2.05, 4.69) is 58.1 Å². The minimum Gasteiger partial charge on any atom is -0.298 e. The van der Waals surface area contributed by atoms with Gasteiger partial charge >= 0.3 is 0 Å². The van der Waals surface area contributed by atoms with Gasteiger partial charge in [-0.25, -0.2) is 0 Å². The summed E-state index contributed by atoms with van der Waals surface area (Å²) in [5, 5.41) is 5.55. The summed E-state index contributed by atoms with van der Waals surface area (Å²) in [4.78, 5) is 19.1. The monoisotopic (exact) mass is 438 g/mol. The van der Waals surface area contributed by atoms with E-state index in [1.807, 2.05) is 24.4 Å². The lowest BCUT2D eigenvalue weighted by atomic mass is 9.87. The van der Waals surface area contributed by atoms with Crippen LogP contribution in [-0.2, 0) is 6.54 Å². The van der Waals surface area contributed by atoms with Crippen LogP contribution in [0.2, 0.25) is 0 Å². The van der Waals surface area contributed by atoms with Crippen molar-refractivity contribution in [2.24, 2.45) is 0 Å². The van der Waals surface area contributed by atoms with Crippen LogP contribution in [0, 0.1) is 0 Å². The SMILES string of the molecule is CC(=O)c1ccc(C(=C2CCN(Cc3ccsc3)CC2)c2cccc3cccnc23)cc1. The number of likely N-dealkylation sites (tertiary alicyclic amines) is 1. The Morgan fingerprint density at radius 2 is 1.72 bits per heavy atom. The summed E-state index contributed by atoms with van der Waals surface area (Å²) >= 11 is 1.77. The molecular weight excluding hydrogens is 412 g/mol. The maximum absolute atomic E-state index is 11.8.